The first-order chi connectivity index (χ1) is 17.1. The van der Waals surface area contributed by atoms with E-state index in [-0.39, 0.29) is 31.6 Å². The van der Waals surface area contributed by atoms with Gasteiger partial charge in [-0.25, -0.2) is 15.1 Å². The van der Waals surface area contributed by atoms with Crippen molar-refractivity contribution in [2.24, 2.45) is 0 Å². The molecule has 2 N–H and O–H groups in total. The number of ether oxygens (including phenoxy) is 1. The molecule has 2 aromatic rings. The lowest BCUT2D eigenvalue weighted by atomic mass is 10.2. The van der Waals surface area contributed by atoms with Crippen molar-refractivity contribution >= 4 is 17.5 Å². The van der Waals surface area contributed by atoms with Crippen LogP contribution in [0, 0.1) is 0 Å². The number of aromatic nitrogens is 4. The van der Waals surface area contributed by atoms with E-state index < -0.39 is 29.0 Å². The summed E-state index contributed by atoms with van der Waals surface area (Å²) >= 11 is 0. The Morgan fingerprint density at radius 1 is 1.25 bits per heavy atom. The van der Waals surface area contributed by atoms with Gasteiger partial charge < -0.3 is 19.9 Å². The molecule has 2 atom stereocenters. The lowest BCUT2D eigenvalue weighted by molar-refractivity contribution is -0.138. The molecule has 10 nitrogen and oxygen atoms in total. The molecule has 1 aliphatic carbocycles. The summed E-state index contributed by atoms with van der Waals surface area (Å²) in [4.78, 5) is 37.2. The average Bonchev–Trinajstić information content (AvgIpc) is 3.66. The second-order valence-corrected chi connectivity index (χ2v) is 9.33. The Morgan fingerprint density at radius 3 is 2.61 bits per heavy atom. The van der Waals surface area contributed by atoms with Gasteiger partial charge in [0.2, 0.25) is 11.9 Å². The van der Waals surface area contributed by atoms with Crippen molar-refractivity contribution in [2.45, 2.75) is 57.3 Å². The molecule has 2 aromatic heterocycles. The van der Waals surface area contributed by atoms with Crippen molar-refractivity contribution < 1.29 is 22.7 Å². The summed E-state index contributed by atoms with van der Waals surface area (Å²) in [6.45, 7) is 5.57. The highest BCUT2D eigenvalue weighted by Crippen LogP contribution is 2.39. The number of anilines is 2. The van der Waals surface area contributed by atoms with Crippen LogP contribution in [0.2, 0.25) is 0 Å². The first-order valence-corrected chi connectivity index (χ1v) is 12.0. The fraction of sp³-hybridized carbons (Fsp3) is 0.609. The number of hydrogen-bond donors (Lipinski definition) is 2. The number of hydrogen-bond acceptors (Lipinski definition) is 8. The SMILES string of the molecule is CC1CN(c2ncc(C3CC3)cn2)CCN1C(=O)CCOC[C@H](C)Nc1cn[nH]c(=O)c1C(F)(F)F. The molecule has 2 fully saturated rings. The van der Waals surface area contributed by atoms with Crippen LogP contribution in [0.15, 0.2) is 23.4 Å². The maximum Gasteiger partial charge on any atom is 0.423 e. The van der Waals surface area contributed by atoms with Gasteiger partial charge >= 0.3 is 6.18 Å². The number of carbonyl (C=O) groups excluding carboxylic acids is 1. The Bertz CT molecular complexity index is 1110. The highest BCUT2D eigenvalue weighted by atomic mass is 19.4. The molecule has 1 saturated carbocycles. The first-order valence-electron chi connectivity index (χ1n) is 12.0. The van der Waals surface area contributed by atoms with Crippen molar-refractivity contribution in [2.75, 3.05) is 43.1 Å². The van der Waals surface area contributed by atoms with Gasteiger partial charge in [0, 0.05) is 44.1 Å². The molecule has 1 unspecified atom stereocenters. The molecule has 2 aliphatic rings. The van der Waals surface area contributed by atoms with Gasteiger partial charge in [-0.3, -0.25) is 9.59 Å². The molecule has 3 heterocycles. The molecule has 0 radical (unpaired) electrons. The third-order valence-corrected chi connectivity index (χ3v) is 6.31. The molecule has 196 valence electrons. The summed E-state index contributed by atoms with van der Waals surface area (Å²) in [5, 5.41) is 7.83. The van der Waals surface area contributed by atoms with E-state index in [2.05, 4.69) is 25.3 Å². The molecule has 1 aliphatic heterocycles. The topological polar surface area (TPSA) is 116 Å². The number of rotatable bonds is 9. The highest BCUT2D eigenvalue weighted by molar-refractivity contribution is 5.77. The summed E-state index contributed by atoms with van der Waals surface area (Å²) in [5.74, 6) is 1.23. The number of amides is 1. The van der Waals surface area contributed by atoms with Crippen LogP contribution in [0.4, 0.5) is 24.8 Å². The zero-order chi connectivity index (χ0) is 25.9. The van der Waals surface area contributed by atoms with Gasteiger partial charge in [0.15, 0.2) is 0 Å². The van der Waals surface area contributed by atoms with E-state index in [1.807, 2.05) is 19.3 Å². The monoisotopic (exact) mass is 509 g/mol. The minimum absolute atomic E-state index is 0.0250. The second-order valence-electron chi connectivity index (χ2n) is 9.33. The van der Waals surface area contributed by atoms with Crippen LogP contribution in [0.1, 0.15) is 50.2 Å². The Morgan fingerprint density at radius 2 is 1.97 bits per heavy atom. The third kappa shape index (κ3) is 6.31. The van der Waals surface area contributed by atoms with Gasteiger partial charge in [-0.15, -0.1) is 0 Å². The first kappa shape index (κ1) is 25.9. The number of carbonyl (C=O) groups is 1. The second kappa shape index (κ2) is 10.8. The van der Waals surface area contributed by atoms with E-state index in [1.54, 1.807) is 16.9 Å². The fourth-order valence-electron chi connectivity index (χ4n) is 4.29. The molecule has 1 saturated heterocycles. The van der Waals surface area contributed by atoms with Gasteiger partial charge in [0.05, 0.1) is 31.5 Å². The maximum absolute atomic E-state index is 13.2. The maximum atomic E-state index is 13.2. The van der Waals surface area contributed by atoms with E-state index in [0.29, 0.717) is 31.5 Å². The predicted molar refractivity (Wildman–Crippen MR) is 126 cm³/mol. The fourth-order valence-corrected chi connectivity index (χ4v) is 4.29. The quantitative estimate of drug-likeness (QED) is 0.495. The molecule has 0 spiro atoms. The predicted octanol–water partition coefficient (Wildman–Crippen LogP) is 2.40. The van der Waals surface area contributed by atoms with Crippen molar-refractivity contribution in [1.29, 1.82) is 0 Å². The van der Waals surface area contributed by atoms with Crippen molar-refractivity contribution in [3.05, 3.63) is 40.1 Å². The van der Waals surface area contributed by atoms with E-state index in [4.69, 9.17) is 4.74 Å². The Hall–Kier alpha value is -3.22. The van der Waals surface area contributed by atoms with Gasteiger partial charge in [0.25, 0.3) is 5.56 Å². The van der Waals surface area contributed by atoms with Crippen LogP contribution in [0.5, 0.6) is 0 Å². The van der Waals surface area contributed by atoms with Crippen molar-refractivity contribution in [1.82, 2.24) is 25.1 Å². The number of nitrogens with one attached hydrogen (secondary N) is 2. The van der Waals surface area contributed by atoms with Crippen molar-refractivity contribution in [3.8, 4) is 0 Å². The van der Waals surface area contributed by atoms with Crippen LogP contribution < -0.4 is 15.8 Å². The standard InChI is InChI=1S/C23H30F3N7O3/c1-14(30-18-11-29-31-21(35)20(18)23(24,25)26)13-36-8-5-19(34)33-7-6-32(12-15(33)2)22-27-9-17(10-28-22)16-3-4-16/h9-11,14-16H,3-8,12-13H2,1-2H3,(H2,30,31,35)/t14-,15?/m0/s1. The Balaban J connectivity index is 1.20. The lowest BCUT2D eigenvalue weighted by Gasteiger charge is -2.40. The number of halogens is 3. The van der Waals surface area contributed by atoms with Crippen LogP contribution in [0.3, 0.4) is 0 Å². The molecular formula is C23H30F3N7O3. The number of H-pyrrole nitrogens is 1. The normalized spacial score (nSPS) is 19.3. The molecular weight excluding hydrogens is 479 g/mol. The van der Waals surface area contributed by atoms with E-state index in [1.165, 1.54) is 18.4 Å². The van der Waals surface area contributed by atoms with Crippen LogP contribution >= 0.6 is 0 Å². The average molecular weight is 510 g/mol. The number of alkyl halides is 3. The minimum Gasteiger partial charge on any atom is -0.379 e. The van der Waals surface area contributed by atoms with Crippen LogP contribution in [-0.4, -0.2) is 75.9 Å². The largest absolute Gasteiger partial charge is 0.423 e. The smallest absolute Gasteiger partial charge is 0.379 e. The Kier molecular flexibility index (Phi) is 7.76. The van der Waals surface area contributed by atoms with Gasteiger partial charge in [-0.05, 0) is 38.2 Å². The number of aromatic amines is 1. The van der Waals surface area contributed by atoms with Gasteiger partial charge in [-0.2, -0.15) is 18.3 Å². The summed E-state index contributed by atoms with van der Waals surface area (Å²) in [5.41, 5.74) is -1.89. The zero-order valence-electron chi connectivity index (χ0n) is 20.2. The number of nitrogens with zero attached hydrogens (tertiary/aromatic N) is 5. The molecule has 0 aromatic carbocycles. The zero-order valence-corrected chi connectivity index (χ0v) is 20.2. The van der Waals surface area contributed by atoms with E-state index in [9.17, 15) is 22.8 Å². The van der Waals surface area contributed by atoms with Gasteiger partial charge in [0.1, 0.15) is 5.56 Å². The summed E-state index contributed by atoms with van der Waals surface area (Å²) in [7, 11) is 0. The van der Waals surface area contributed by atoms with E-state index in [0.717, 1.165) is 6.20 Å². The molecule has 1 amide bonds. The number of piperazine rings is 1. The molecule has 13 heteroatoms. The molecule has 0 bridgehead atoms. The molecule has 36 heavy (non-hydrogen) atoms. The summed E-state index contributed by atoms with van der Waals surface area (Å²) < 4.78 is 45.0. The van der Waals surface area contributed by atoms with Crippen LogP contribution in [0.25, 0.3) is 0 Å². The lowest BCUT2D eigenvalue weighted by Crippen LogP contribution is -2.54. The van der Waals surface area contributed by atoms with Crippen molar-refractivity contribution in [3.63, 3.8) is 0 Å². The Labute approximate surface area is 206 Å². The summed E-state index contributed by atoms with van der Waals surface area (Å²) in [6, 6.07) is -0.568. The van der Waals surface area contributed by atoms with Crippen LogP contribution in [-0.2, 0) is 15.7 Å². The van der Waals surface area contributed by atoms with Gasteiger partial charge in [-0.1, -0.05) is 0 Å². The van der Waals surface area contributed by atoms with E-state index >= 15 is 0 Å². The highest BCUT2D eigenvalue weighted by Gasteiger charge is 2.37. The third-order valence-electron chi connectivity index (χ3n) is 6.31. The summed E-state index contributed by atoms with van der Waals surface area (Å²) in [6.07, 6.45) is 2.44. The molecule has 4 rings (SSSR count). The minimum atomic E-state index is -4.82.